The van der Waals surface area contributed by atoms with Crippen LogP contribution < -0.4 is 5.73 Å². The third kappa shape index (κ3) is 1.91. The van der Waals surface area contributed by atoms with Crippen LogP contribution in [0.15, 0.2) is 4.52 Å². The van der Waals surface area contributed by atoms with E-state index in [-0.39, 0.29) is 6.04 Å². The molecule has 0 radical (unpaired) electrons. The molecule has 2 unspecified atom stereocenters. The van der Waals surface area contributed by atoms with Gasteiger partial charge in [-0.15, -0.1) is 0 Å². The highest BCUT2D eigenvalue weighted by atomic mass is 16.5. The van der Waals surface area contributed by atoms with Crippen LogP contribution in [0.25, 0.3) is 0 Å². The highest BCUT2D eigenvalue weighted by Gasteiger charge is 2.31. The summed E-state index contributed by atoms with van der Waals surface area (Å²) in [6, 6.07) is 0.222. The molecular weight excluding hydrogens is 190 g/mol. The number of nitrogens with zero attached hydrogens (tertiary/aromatic N) is 2. The molecule has 2 atom stereocenters. The summed E-state index contributed by atoms with van der Waals surface area (Å²) >= 11 is 0. The Hall–Kier alpha value is -0.900. The maximum absolute atomic E-state index is 6.01. The Balaban J connectivity index is 1.71. The molecule has 15 heavy (non-hydrogen) atoms. The molecule has 4 heteroatoms. The third-order valence-corrected chi connectivity index (χ3v) is 3.54. The lowest BCUT2D eigenvalue weighted by molar-refractivity contribution is 0.341. The van der Waals surface area contributed by atoms with Gasteiger partial charge < -0.3 is 10.3 Å². The lowest BCUT2D eigenvalue weighted by Crippen LogP contribution is -2.22. The van der Waals surface area contributed by atoms with Crippen LogP contribution >= 0.6 is 0 Å². The third-order valence-electron chi connectivity index (χ3n) is 3.54. The average molecular weight is 207 g/mol. The SMILES string of the molecule is NC1CCCC1c1nc(CC2CC2)no1. The summed E-state index contributed by atoms with van der Waals surface area (Å²) in [7, 11) is 0. The standard InChI is InChI=1S/C11H17N3O/c12-9-3-1-2-8(9)11-13-10(14-15-11)6-7-4-5-7/h7-9H,1-6,12H2. The second kappa shape index (κ2) is 3.59. The normalized spacial score (nSPS) is 31.0. The van der Waals surface area contributed by atoms with Gasteiger partial charge in [0.05, 0.1) is 5.92 Å². The Morgan fingerprint density at radius 1 is 1.27 bits per heavy atom. The number of rotatable bonds is 3. The Morgan fingerprint density at radius 3 is 2.80 bits per heavy atom. The van der Waals surface area contributed by atoms with Gasteiger partial charge in [-0.05, 0) is 31.6 Å². The molecule has 0 spiro atoms. The van der Waals surface area contributed by atoms with E-state index in [1.54, 1.807) is 0 Å². The smallest absolute Gasteiger partial charge is 0.231 e. The molecule has 1 heterocycles. The van der Waals surface area contributed by atoms with Crippen molar-refractivity contribution in [2.24, 2.45) is 11.7 Å². The molecule has 0 aromatic carbocycles. The zero-order chi connectivity index (χ0) is 10.3. The first kappa shape index (κ1) is 9.33. The van der Waals surface area contributed by atoms with Crippen LogP contribution in [0.5, 0.6) is 0 Å². The molecule has 1 aromatic heterocycles. The first-order chi connectivity index (χ1) is 7.33. The fourth-order valence-electron chi connectivity index (χ4n) is 2.38. The second-order valence-corrected chi connectivity index (χ2v) is 4.90. The number of hydrogen-bond donors (Lipinski definition) is 1. The van der Waals surface area contributed by atoms with Crippen LogP contribution in [-0.2, 0) is 6.42 Å². The summed E-state index contributed by atoms with van der Waals surface area (Å²) < 4.78 is 5.31. The second-order valence-electron chi connectivity index (χ2n) is 4.90. The van der Waals surface area contributed by atoms with Gasteiger partial charge in [0, 0.05) is 12.5 Å². The molecule has 2 N–H and O–H groups in total. The van der Waals surface area contributed by atoms with Crippen molar-refractivity contribution in [3.63, 3.8) is 0 Å². The van der Waals surface area contributed by atoms with Crippen LogP contribution in [0, 0.1) is 5.92 Å². The molecule has 3 rings (SSSR count). The van der Waals surface area contributed by atoms with Gasteiger partial charge in [0.1, 0.15) is 0 Å². The fourth-order valence-corrected chi connectivity index (χ4v) is 2.38. The minimum absolute atomic E-state index is 0.222. The molecule has 2 aliphatic carbocycles. The van der Waals surface area contributed by atoms with Crippen LogP contribution in [0.2, 0.25) is 0 Å². The van der Waals surface area contributed by atoms with Crippen molar-refractivity contribution < 1.29 is 4.52 Å². The minimum Gasteiger partial charge on any atom is -0.339 e. The largest absolute Gasteiger partial charge is 0.339 e. The summed E-state index contributed by atoms with van der Waals surface area (Å²) in [6.07, 6.45) is 7.02. The van der Waals surface area contributed by atoms with Crippen molar-refractivity contribution in [2.45, 2.75) is 50.5 Å². The minimum atomic E-state index is 0.222. The van der Waals surface area contributed by atoms with E-state index in [0.717, 1.165) is 36.9 Å². The Morgan fingerprint density at radius 2 is 2.13 bits per heavy atom. The van der Waals surface area contributed by atoms with Gasteiger partial charge in [-0.1, -0.05) is 11.6 Å². The summed E-state index contributed by atoms with van der Waals surface area (Å²) in [4.78, 5) is 4.47. The van der Waals surface area contributed by atoms with Crippen LogP contribution in [-0.4, -0.2) is 16.2 Å². The lowest BCUT2D eigenvalue weighted by atomic mass is 10.1. The zero-order valence-electron chi connectivity index (χ0n) is 8.85. The maximum atomic E-state index is 6.01. The molecule has 0 amide bonds. The van der Waals surface area contributed by atoms with E-state index in [1.165, 1.54) is 19.3 Å². The van der Waals surface area contributed by atoms with E-state index in [1.807, 2.05) is 0 Å². The zero-order valence-corrected chi connectivity index (χ0v) is 8.85. The van der Waals surface area contributed by atoms with Gasteiger partial charge in [-0.25, -0.2) is 0 Å². The van der Waals surface area contributed by atoms with Crippen LogP contribution in [0.1, 0.15) is 49.7 Å². The van der Waals surface area contributed by atoms with Crippen LogP contribution in [0.4, 0.5) is 0 Å². The molecule has 2 saturated carbocycles. The highest BCUT2D eigenvalue weighted by molar-refractivity contribution is 5.02. The highest BCUT2D eigenvalue weighted by Crippen LogP contribution is 2.34. The number of nitrogens with two attached hydrogens (primary N) is 1. The lowest BCUT2D eigenvalue weighted by Gasteiger charge is -2.08. The van der Waals surface area contributed by atoms with Crippen molar-refractivity contribution in [3.8, 4) is 0 Å². The van der Waals surface area contributed by atoms with E-state index >= 15 is 0 Å². The van der Waals surface area contributed by atoms with Crippen molar-refractivity contribution >= 4 is 0 Å². The van der Waals surface area contributed by atoms with E-state index in [4.69, 9.17) is 10.3 Å². The van der Waals surface area contributed by atoms with E-state index in [0.29, 0.717) is 5.92 Å². The van der Waals surface area contributed by atoms with E-state index in [2.05, 4.69) is 10.1 Å². The average Bonchev–Trinajstić information content (AvgIpc) is 2.74. The predicted molar refractivity (Wildman–Crippen MR) is 55.3 cm³/mol. The Labute approximate surface area is 89.2 Å². The predicted octanol–water partition coefficient (Wildman–Crippen LogP) is 1.62. The molecule has 4 nitrogen and oxygen atoms in total. The summed E-state index contributed by atoms with van der Waals surface area (Å²) in [5.41, 5.74) is 6.01. The van der Waals surface area contributed by atoms with Crippen molar-refractivity contribution in [2.75, 3.05) is 0 Å². The Kier molecular flexibility index (Phi) is 2.24. The van der Waals surface area contributed by atoms with Gasteiger partial charge >= 0.3 is 0 Å². The van der Waals surface area contributed by atoms with E-state index < -0.39 is 0 Å². The van der Waals surface area contributed by atoms with Gasteiger partial charge in [0.2, 0.25) is 5.89 Å². The molecule has 82 valence electrons. The summed E-state index contributed by atoms with van der Waals surface area (Å²) in [5, 5.41) is 4.03. The van der Waals surface area contributed by atoms with Gasteiger partial charge in [-0.3, -0.25) is 0 Å². The maximum Gasteiger partial charge on any atom is 0.231 e. The Bertz CT molecular complexity index is 345. The van der Waals surface area contributed by atoms with Crippen molar-refractivity contribution in [3.05, 3.63) is 11.7 Å². The molecule has 2 fully saturated rings. The molecule has 0 aliphatic heterocycles. The quantitative estimate of drug-likeness (QED) is 0.818. The molecule has 1 aromatic rings. The molecule has 2 aliphatic rings. The number of hydrogen-bond acceptors (Lipinski definition) is 4. The molecule has 0 bridgehead atoms. The number of aromatic nitrogens is 2. The van der Waals surface area contributed by atoms with Gasteiger partial charge in [-0.2, -0.15) is 4.98 Å². The van der Waals surface area contributed by atoms with Crippen molar-refractivity contribution in [1.82, 2.24) is 10.1 Å². The van der Waals surface area contributed by atoms with E-state index in [9.17, 15) is 0 Å². The monoisotopic (exact) mass is 207 g/mol. The van der Waals surface area contributed by atoms with Crippen molar-refractivity contribution in [1.29, 1.82) is 0 Å². The summed E-state index contributed by atoms with van der Waals surface area (Å²) in [5.74, 6) is 2.78. The first-order valence-corrected chi connectivity index (χ1v) is 5.91. The topological polar surface area (TPSA) is 64.9 Å². The van der Waals surface area contributed by atoms with Crippen LogP contribution in [0.3, 0.4) is 0 Å². The first-order valence-electron chi connectivity index (χ1n) is 5.91. The molecular formula is C11H17N3O. The van der Waals surface area contributed by atoms with Gasteiger partial charge in [0.25, 0.3) is 0 Å². The van der Waals surface area contributed by atoms with Gasteiger partial charge in [0.15, 0.2) is 5.82 Å². The fraction of sp³-hybridized carbons (Fsp3) is 0.818. The molecule has 0 saturated heterocycles. The summed E-state index contributed by atoms with van der Waals surface area (Å²) in [6.45, 7) is 0.